The Bertz CT molecular complexity index is 866. The molecule has 7 heteroatoms. The second kappa shape index (κ2) is 8.29. The largest absolute Gasteiger partial charge is 0.488 e. The second-order valence-corrected chi connectivity index (χ2v) is 7.61. The van der Waals surface area contributed by atoms with Crippen molar-refractivity contribution in [2.24, 2.45) is 0 Å². The van der Waals surface area contributed by atoms with Crippen LogP contribution in [0.3, 0.4) is 0 Å². The van der Waals surface area contributed by atoms with Crippen LogP contribution in [0, 0.1) is 0 Å². The number of nitrogens with zero attached hydrogens (tertiary/aromatic N) is 1. The highest BCUT2D eigenvalue weighted by Crippen LogP contribution is 2.44. The molecule has 0 unspecified atom stereocenters. The summed E-state index contributed by atoms with van der Waals surface area (Å²) >= 11 is 18.3. The molecule has 1 atom stereocenters. The van der Waals surface area contributed by atoms with Gasteiger partial charge in [-0.2, -0.15) is 0 Å². The van der Waals surface area contributed by atoms with Crippen LogP contribution >= 0.6 is 34.8 Å². The molecule has 0 bridgehead atoms. The minimum absolute atomic E-state index is 0.00638. The molecule has 2 aliphatic rings. The fourth-order valence-electron chi connectivity index (χ4n) is 3.33. The van der Waals surface area contributed by atoms with E-state index in [0.29, 0.717) is 40.6 Å². The Balaban J connectivity index is 1.55. The van der Waals surface area contributed by atoms with Gasteiger partial charge in [-0.25, -0.2) is 0 Å². The van der Waals surface area contributed by atoms with Crippen LogP contribution in [0.25, 0.3) is 0 Å². The van der Waals surface area contributed by atoms with Crippen molar-refractivity contribution in [2.75, 3.05) is 32.9 Å². The molecule has 0 aromatic heterocycles. The van der Waals surface area contributed by atoms with E-state index in [9.17, 15) is 0 Å². The predicted molar refractivity (Wildman–Crippen MR) is 107 cm³/mol. The van der Waals surface area contributed by atoms with E-state index in [1.165, 1.54) is 0 Å². The molecular formula is C20H18Cl3NO3. The quantitative estimate of drug-likeness (QED) is 0.657. The Morgan fingerprint density at radius 3 is 2.56 bits per heavy atom. The molecule has 0 spiro atoms. The van der Waals surface area contributed by atoms with E-state index in [2.05, 4.69) is 4.90 Å². The number of fused-ring (bicyclic) bond motifs is 1. The van der Waals surface area contributed by atoms with Crippen LogP contribution in [0.5, 0.6) is 11.5 Å². The predicted octanol–water partition coefficient (Wildman–Crippen LogP) is 5.38. The SMILES string of the molecule is Clc1ccc(OC/C=C2\Oc3ccc(Cl)cc3[C@@H]2N2CCOCC2)c(Cl)c1. The Labute approximate surface area is 173 Å². The molecule has 2 aromatic carbocycles. The highest BCUT2D eigenvalue weighted by molar-refractivity contribution is 6.35. The van der Waals surface area contributed by atoms with Gasteiger partial charge in [0.25, 0.3) is 0 Å². The maximum Gasteiger partial charge on any atom is 0.138 e. The van der Waals surface area contributed by atoms with Crippen molar-refractivity contribution in [2.45, 2.75) is 6.04 Å². The summed E-state index contributed by atoms with van der Waals surface area (Å²) in [6.45, 7) is 3.41. The number of halogens is 3. The van der Waals surface area contributed by atoms with Gasteiger partial charge in [0.2, 0.25) is 0 Å². The van der Waals surface area contributed by atoms with Gasteiger partial charge in [-0.1, -0.05) is 34.8 Å². The van der Waals surface area contributed by atoms with E-state index in [1.54, 1.807) is 18.2 Å². The van der Waals surface area contributed by atoms with Crippen LogP contribution in [0.2, 0.25) is 15.1 Å². The zero-order valence-corrected chi connectivity index (χ0v) is 16.7. The van der Waals surface area contributed by atoms with Crippen molar-refractivity contribution in [3.63, 3.8) is 0 Å². The van der Waals surface area contributed by atoms with E-state index in [4.69, 9.17) is 49.0 Å². The topological polar surface area (TPSA) is 30.9 Å². The summed E-state index contributed by atoms with van der Waals surface area (Å²) in [5.41, 5.74) is 1.07. The third-order valence-corrected chi connectivity index (χ3v) is 5.36. The maximum atomic E-state index is 6.22. The van der Waals surface area contributed by atoms with E-state index < -0.39 is 0 Å². The summed E-state index contributed by atoms with van der Waals surface area (Å²) in [7, 11) is 0. The molecule has 0 amide bonds. The Morgan fingerprint density at radius 1 is 1.04 bits per heavy atom. The number of ether oxygens (including phenoxy) is 3. The van der Waals surface area contributed by atoms with Crippen molar-refractivity contribution >= 4 is 34.8 Å². The van der Waals surface area contributed by atoms with Crippen LogP contribution < -0.4 is 9.47 Å². The number of benzene rings is 2. The minimum atomic E-state index is 0.00638. The molecule has 1 fully saturated rings. The molecule has 0 radical (unpaired) electrons. The molecule has 0 saturated carbocycles. The zero-order valence-electron chi connectivity index (χ0n) is 14.5. The van der Waals surface area contributed by atoms with Crippen molar-refractivity contribution in [3.8, 4) is 11.5 Å². The first-order valence-corrected chi connectivity index (χ1v) is 9.82. The van der Waals surface area contributed by atoms with Crippen molar-refractivity contribution in [1.29, 1.82) is 0 Å². The summed E-state index contributed by atoms with van der Waals surface area (Å²) in [6.07, 6.45) is 1.94. The molecule has 2 aliphatic heterocycles. The van der Waals surface area contributed by atoms with Crippen molar-refractivity contribution in [3.05, 3.63) is 68.9 Å². The summed E-state index contributed by atoms with van der Waals surface area (Å²) in [5, 5.41) is 1.75. The average Bonchev–Trinajstić information content (AvgIpc) is 3.01. The molecule has 0 N–H and O–H groups in total. The van der Waals surface area contributed by atoms with Gasteiger partial charge in [0.1, 0.15) is 23.9 Å². The first-order chi connectivity index (χ1) is 13.1. The van der Waals surface area contributed by atoms with Gasteiger partial charge >= 0.3 is 0 Å². The lowest BCUT2D eigenvalue weighted by Crippen LogP contribution is -2.39. The third kappa shape index (κ3) is 4.20. The standard InChI is InChI=1S/C20H18Cl3NO3/c21-13-1-3-17-15(11-13)20(24-6-9-25-10-7-24)19(27-17)5-8-26-18-4-2-14(22)12-16(18)23/h1-5,11-12,20H,6-10H2/b19-5-/t20-/m0/s1. The van der Waals surface area contributed by atoms with Gasteiger partial charge in [0.15, 0.2) is 0 Å². The molecule has 2 heterocycles. The van der Waals surface area contributed by atoms with E-state index in [1.807, 2.05) is 24.3 Å². The van der Waals surface area contributed by atoms with Gasteiger partial charge in [0, 0.05) is 28.7 Å². The lowest BCUT2D eigenvalue weighted by molar-refractivity contribution is 0.0206. The third-order valence-electron chi connectivity index (χ3n) is 4.59. The normalized spacial score (nSPS) is 21.1. The Morgan fingerprint density at radius 2 is 1.78 bits per heavy atom. The van der Waals surface area contributed by atoms with Crippen molar-refractivity contribution in [1.82, 2.24) is 4.90 Å². The monoisotopic (exact) mass is 425 g/mol. The van der Waals surface area contributed by atoms with Crippen LogP contribution in [0.4, 0.5) is 0 Å². The van der Waals surface area contributed by atoms with Crippen LogP contribution in [0.1, 0.15) is 11.6 Å². The van der Waals surface area contributed by atoms with Gasteiger partial charge in [0.05, 0.1) is 24.3 Å². The maximum absolute atomic E-state index is 6.22. The molecular weight excluding hydrogens is 409 g/mol. The zero-order chi connectivity index (χ0) is 18.8. The van der Waals surface area contributed by atoms with Crippen LogP contribution in [-0.4, -0.2) is 37.8 Å². The van der Waals surface area contributed by atoms with Gasteiger partial charge in [-0.05, 0) is 42.5 Å². The second-order valence-electron chi connectivity index (χ2n) is 6.33. The summed E-state index contributed by atoms with van der Waals surface area (Å²) < 4.78 is 17.4. The number of morpholine rings is 1. The fraction of sp³-hybridized carbons (Fsp3) is 0.300. The number of hydrogen-bond acceptors (Lipinski definition) is 4. The molecule has 2 aromatic rings. The summed E-state index contributed by atoms with van der Waals surface area (Å²) in [4.78, 5) is 2.34. The fourth-order valence-corrected chi connectivity index (χ4v) is 3.98. The first-order valence-electron chi connectivity index (χ1n) is 8.69. The van der Waals surface area contributed by atoms with Crippen LogP contribution in [-0.2, 0) is 4.74 Å². The lowest BCUT2D eigenvalue weighted by atomic mass is 10.0. The lowest BCUT2D eigenvalue weighted by Gasteiger charge is -2.32. The average molecular weight is 427 g/mol. The molecule has 142 valence electrons. The van der Waals surface area contributed by atoms with E-state index in [-0.39, 0.29) is 6.04 Å². The first kappa shape index (κ1) is 18.9. The minimum Gasteiger partial charge on any atom is -0.488 e. The molecule has 4 nitrogen and oxygen atoms in total. The Kier molecular flexibility index (Phi) is 5.81. The summed E-state index contributed by atoms with van der Waals surface area (Å²) in [6, 6.07) is 10.9. The molecule has 27 heavy (non-hydrogen) atoms. The van der Waals surface area contributed by atoms with Crippen molar-refractivity contribution < 1.29 is 14.2 Å². The Hall–Kier alpha value is -1.43. The molecule has 1 saturated heterocycles. The molecule has 4 rings (SSSR count). The molecule has 0 aliphatic carbocycles. The summed E-state index contributed by atoms with van der Waals surface area (Å²) in [5.74, 6) is 2.24. The van der Waals surface area contributed by atoms with Gasteiger partial charge in [-0.15, -0.1) is 0 Å². The van der Waals surface area contributed by atoms with E-state index in [0.717, 1.165) is 30.2 Å². The smallest absolute Gasteiger partial charge is 0.138 e. The van der Waals surface area contributed by atoms with Crippen LogP contribution in [0.15, 0.2) is 48.2 Å². The van der Waals surface area contributed by atoms with Gasteiger partial charge in [-0.3, -0.25) is 4.90 Å². The number of hydrogen-bond donors (Lipinski definition) is 0. The van der Waals surface area contributed by atoms with Gasteiger partial charge < -0.3 is 14.2 Å². The van der Waals surface area contributed by atoms with E-state index >= 15 is 0 Å². The highest BCUT2D eigenvalue weighted by atomic mass is 35.5. The highest BCUT2D eigenvalue weighted by Gasteiger charge is 2.35. The number of rotatable bonds is 4.